The first-order valence-electron chi connectivity index (χ1n) is 3.62. The summed E-state index contributed by atoms with van der Waals surface area (Å²) in [6.45, 7) is 0.265. The van der Waals surface area contributed by atoms with E-state index >= 15 is 0 Å². The first-order valence-corrected chi connectivity index (χ1v) is 3.62. The second kappa shape index (κ2) is 9.14. The fourth-order valence-corrected chi connectivity index (χ4v) is 0.517. The summed E-state index contributed by atoms with van der Waals surface area (Å²) in [7, 11) is 0. The Morgan fingerprint density at radius 3 is 2.00 bits per heavy atom. The van der Waals surface area contributed by atoms with Crippen LogP contribution in [-0.2, 0) is 0 Å². The van der Waals surface area contributed by atoms with Gasteiger partial charge in [0.15, 0.2) is 0 Å². The van der Waals surface area contributed by atoms with Gasteiger partial charge < -0.3 is 10.2 Å². The Kier molecular flexibility index (Phi) is 8.43. The molecule has 0 amide bonds. The van der Waals surface area contributed by atoms with Crippen LogP contribution in [0.4, 0.5) is 0 Å². The van der Waals surface area contributed by atoms with Crippen LogP contribution in [0, 0.1) is 0 Å². The summed E-state index contributed by atoms with van der Waals surface area (Å²) in [4.78, 5) is 0. The Labute approximate surface area is 67.2 Å². The van der Waals surface area contributed by atoms with E-state index in [1.807, 2.05) is 24.3 Å². The third-order valence-corrected chi connectivity index (χ3v) is 1.01. The van der Waals surface area contributed by atoms with Crippen molar-refractivity contribution in [3.8, 4) is 0 Å². The maximum Gasteiger partial charge on any atom is 0.0615 e. The van der Waals surface area contributed by atoms with Crippen molar-refractivity contribution in [1.82, 2.24) is 0 Å². The smallest absolute Gasteiger partial charge is 0.0615 e. The van der Waals surface area contributed by atoms with Gasteiger partial charge in [0.25, 0.3) is 0 Å². The van der Waals surface area contributed by atoms with Crippen molar-refractivity contribution in [1.29, 1.82) is 0 Å². The summed E-state index contributed by atoms with van der Waals surface area (Å²) in [5.41, 5.74) is 0. The third-order valence-electron chi connectivity index (χ3n) is 1.01. The molecule has 0 spiro atoms. The van der Waals surface area contributed by atoms with Crippen LogP contribution in [0.2, 0.25) is 0 Å². The predicted octanol–water partition coefficient (Wildman–Crippen LogP) is 1.03. The number of rotatable bonds is 5. The highest BCUT2D eigenvalue weighted by molar-refractivity contribution is 5.10. The van der Waals surface area contributed by atoms with Crippen LogP contribution >= 0.6 is 0 Å². The van der Waals surface area contributed by atoms with Gasteiger partial charge in [-0.1, -0.05) is 36.5 Å². The third kappa shape index (κ3) is 9.14. The summed E-state index contributed by atoms with van der Waals surface area (Å²) in [5.74, 6) is 0. The predicted molar refractivity (Wildman–Crippen MR) is 46.2 cm³/mol. The van der Waals surface area contributed by atoms with Crippen molar-refractivity contribution in [2.75, 3.05) is 13.2 Å². The minimum Gasteiger partial charge on any atom is -0.396 e. The van der Waals surface area contributed by atoms with Crippen molar-refractivity contribution >= 4 is 0 Å². The average molecular weight is 154 g/mol. The molecule has 2 N–H and O–H groups in total. The monoisotopic (exact) mass is 154 g/mol. The molecule has 0 saturated carbocycles. The van der Waals surface area contributed by atoms with E-state index in [-0.39, 0.29) is 13.2 Å². The standard InChI is InChI=1S/C9H14O2/c10-8-6-4-2-1-3-5-7-9-11/h1-6,10-11H,7-9H2. The quantitative estimate of drug-likeness (QED) is 0.581. The lowest BCUT2D eigenvalue weighted by atomic mass is 10.3. The van der Waals surface area contributed by atoms with Crippen LogP contribution < -0.4 is 0 Å². The molecule has 2 nitrogen and oxygen atoms in total. The van der Waals surface area contributed by atoms with Crippen molar-refractivity contribution < 1.29 is 10.2 Å². The zero-order valence-electron chi connectivity index (χ0n) is 6.48. The zero-order valence-corrected chi connectivity index (χ0v) is 6.48. The summed E-state index contributed by atoms with van der Waals surface area (Å²) in [6.07, 6.45) is 11.5. The van der Waals surface area contributed by atoms with Gasteiger partial charge in [-0.05, 0) is 6.42 Å². The molecule has 62 valence electrons. The molecule has 0 bridgehead atoms. The Morgan fingerprint density at radius 2 is 1.45 bits per heavy atom. The highest BCUT2D eigenvalue weighted by Gasteiger charge is 1.69. The fraction of sp³-hybridized carbons (Fsp3) is 0.333. The SMILES string of the molecule is OCC=CC=CC=CCCO. The van der Waals surface area contributed by atoms with Crippen LogP contribution in [0.1, 0.15) is 6.42 Å². The first-order chi connectivity index (χ1) is 5.41. The molecule has 0 heterocycles. The minimum atomic E-state index is 0.0741. The van der Waals surface area contributed by atoms with Gasteiger partial charge in [0.2, 0.25) is 0 Å². The Bertz CT molecular complexity index is 146. The summed E-state index contributed by atoms with van der Waals surface area (Å²) < 4.78 is 0. The highest BCUT2D eigenvalue weighted by atomic mass is 16.3. The molecule has 2 heteroatoms. The Morgan fingerprint density at radius 1 is 0.818 bits per heavy atom. The van der Waals surface area contributed by atoms with Crippen molar-refractivity contribution in [2.24, 2.45) is 0 Å². The average Bonchev–Trinajstić information content (AvgIpc) is 2.03. The topological polar surface area (TPSA) is 40.5 Å². The molecule has 0 aromatic rings. The molecule has 0 aliphatic carbocycles. The van der Waals surface area contributed by atoms with Crippen molar-refractivity contribution in [2.45, 2.75) is 6.42 Å². The van der Waals surface area contributed by atoms with Crippen LogP contribution in [0.5, 0.6) is 0 Å². The molecule has 0 rings (SSSR count). The number of aliphatic hydroxyl groups is 2. The molecule has 0 atom stereocenters. The highest BCUT2D eigenvalue weighted by Crippen LogP contribution is 1.83. The van der Waals surface area contributed by atoms with E-state index in [0.717, 1.165) is 0 Å². The minimum absolute atomic E-state index is 0.0741. The van der Waals surface area contributed by atoms with E-state index in [0.29, 0.717) is 6.42 Å². The lowest BCUT2D eigenvalue weighted by Crippen LogP contribution is -1.73. The van der Waals surface area contributed by atoms with Crippen LogP contribution in [0.25, 0.3) is 0 Å². The summed E-state index contributed by atoms with van der Waals surface area (Å²) in [5, 5.41) is 16.7. The lowest BCUT2D eigenvalue weighted by Gasteiger charge is -1.79. The van der Waals surface area contributed by atoms with Crippen LogP contribution in [0.3, 0.4) is 0 Å². The Balaban J connectivity index is 3.35. The van der Waals surface area contributed by atoms with E-state index < -0.39 is 0 Å². The summed E-state index contributed by atoms with van der Waals surface area (Å²) in [6, 6.07) is 0. The normalized spacial score (nSPS) is 12.5. The van der Waals surface area contributed by atoms with Crippen LogP contribution in [0.15, 0.2) is 36.5 Å². The van der Waals surface area contributed by atoms with Gasteiger partial charge in [0.1, 0.15) is 0 Å². The maximum atomic E-state index is 8.38. The van der Waals surface area contributed by atoms with Gasteiger partial charge in [0.05, 0.1) is 6.61 Å². The number of allylic oxidation sites excluding steroid dienone is 4. The molecule has 0 saturated heterocycles. The first kappa shape index (κ1) is 10.1. The van der Waals surface area contributed by atoms with E-state index in [1.54, 1.807) is 12.2 Å². The van der Waals surface area contributed by atoms with E-state index in [4.69, 9.17) is 10.2 Å². The van der Waals surface area contributed by atoms with E-state index in [2.05, 4.69) is 0 Å². The largest absolute Gasteiger partial charge is 0.396 e. The number of aliphatic hydroxyl groups excluding tert-OH is 2. The Hall–Kier alpha value is -0.860. The van der Waals surface area contributed by atoms with Gasteiger partial charge in [-0.2, -0.15) is 0 Å². The zero-order chi connectivity index (χ0) is 8.36. The van der Waals surface area contributed by atoms with Gasteiger partial charge in [-0.3, -0.25) is 0 Å². The van der Waals surface area contributed by atoms with Crippen LogP contribution in [-0.4, -0.2) is 23.4 Å². The molecule has 0 fully saturated rings. The van der Waals surface area contributed by atoms with Crippen molar-refractivity contribution in [3.05, 3.63) is 36.5 Å². The van der Waals surface area contributed by atoms with Gasteiger partial charge in [-0.15, -0.1) is 0 Å². The molecule has 0 aliphatic heterocycles. The molecular formula is C9H14O2. The number of hydrogen-bond acceptors (Lipinski definition) is 2. The van der Waals surface area contributed by atoms with Crippen molar-refractivity contribution in [3.63, 3.8) is 0 Å². The molecule has 0 aromatic carbocycles. The van der Waals surface area contributed by atoms with E-state index in [1.165, 1.54) is 0 Å². The van der Waals surface area contributed by atoms with Gasteiger partial charge in [0, 0.05) is 6.61 Å². The second-order valence-electron chi connectivity index (χ2n) is 1.94. The molecule has 11 heavy (non-hydrogen) atoms. The lowest BCUT2D eigenvalue weighted by molar-refractivity contribution is 0.302. The fourth-order valence-electron chi connectivity index (χ4n) is 0.517. The summed E-state index contributed by atoms with van der Waals surface area (Å²) >= 11 is 0. The maximum absolute atomic E-state index is 8.38. The second-order valence-corrected chi connectivity index (χ2v) is 1.94. The number of hydrogen-bond donors (Lipinski definition) is 2. The molecule has 0 unspecified atom stereocenters. The van der Waals surface area contributed by atoms with Gasteiger partial charge in [-0.25, -0.2) is 0 Å². The molecule has 0 aromatic heterocycles. The van der Waals surface area contributed by atoms with Gasteiger partial charge >= 0.3 is 0 Å². The molecule has 0 aliphatic rings. The van der Waals surface area contributed by atoms with E-state index in [9.17, 15) is 0 Å². The molecular weight excluding hydrogens is 140 g/mol. The molecule has 0 radical (unpaired) electrons.